The smallest absolute Gasteiger partial charge is 0.254 e. The number of nitrogens with zero attached hydrogens (tertiary/aromatic N) is 2. The number of benzene rings is 2. The minimum absolute atomic E-state index is 0.0387. The molecule has 0 radical (unpaired) electrons. The molecule has 1 atom stereocenters. The van der Waals surface area contributed by atoms with Gasteiger partial charge in [-0.05, 0) is 70.1 Å². The Kier molecular flexibility index (Phi) is 6.42. The van der Waals surface area contributed by atoms with Gasteiger partial charge in [0.05, 0.1) is 6.04 Å². The second kappa shape index (κ2) is 8.82. The lowest BCUT2D eigenvalue weighted by molar-refractivity contribution is 0.0735. The highest BCUT2D eigenvalue weighted by Gasteiger charge is 2.30. The molecule has 1 saturated heterocycles. The van der Waals surface area contributed by atoms with E-state index in [1.54, 1.807) is 13.8 Å². The van der Waals surface area contributed by atoms with Crippen molar-refractivity contribution in [1.29, 1.82) is 0 Å². The molecule has 29 heavy (non-hydrogen) atoms. The quantitative estimate of drug-likeness (QED) is 0.807. The van der Waals surface area contributed by atoms with Crippen molar-refractivity contribution < 1.29 is 9.90 Å². The third-order valence-electron chi connectivity index (χ3n) is 5.00. The van der Waals surface area contributed by atoms with Crippen molar-refractivity contribution in [2.75, 3.05) is 20.6 Å². The molecule has 1 heterocycles. The molecule has 1 amide bonds. The van der Waals surface area contributed by atoms with Crippen molar-refractivity contribution in [1.82, 2.24) is 9.80 Å². The number of hydrogen-bond acceptors (Lipinski definition) is 3. The van der Waals surface area contributed by atoms with Gasteiger partial charge in [0.15, 0.2) is 0 Å². The molecular weight excluding hydrogens is 360 g/mol. The maximum Gasteiger partial charge on any atom is 0.254 e. The van der Waals surface area contributed by atoms with Crippen molar-refractivity contribution >= 4 is 5.91 Å². The van der Waals surface area contributed by atoms with Gasteiger partial charge >= 0.3 is 0 Å². The summed E-state index contributed by atoms with van der Waals surface area (Å²) in [6.07, 6.45) is 1.99. The standard InChI is InChI=1S/C25H30N2O2/c1-25(2,29)15-14-19-7-5-8-22(17-19)24(28)27-16-6-9-23(27)21-12-10-20(11-13-21)18-26(3)4/h5,7-8,10-13,17,23,29H,6,9,16,18H2,1-4H3. The molecular formula is C25H30N2O2. The summed E-state index contributed by atoms with van der Waals surface area (Å²) in [6.45, 7) is 4.97. The Labute approximate surface area is 174 Å². The molecule has 0 aliphatic carbocycles. The summed E-state index contributed by atoms with van der Waals surface area (Å²) in [5.74, 6) is 5.80. The Morgan fingerprint density at radius 3 is 2.59 bits per heavy atom. The fraction of sp³-hybridized carbons (Fsp3) is 0.400. The summed E-state index contributed by atoms with van der Waals surface area (Å²) in [4.78, 5) is 17.3. The average molecular weight is 391 g/mol. The van der Waals surface area contributed by atoms with E-state index in [2.05, 4.69) is 55.1 Å². The Balaban J connectivity index is 1.79. The van der Waals surface area contributed by atoms with Gasteiger partial charge in [-0.25, -0.2) is 0 Å². The second-order valence-electron chi connectivity index (χ2n) is 8.53. The summed E-state index contributed by atoms with van der Waals surface area (Å²) < 4.78 is 0. The van der Waals surface area contributed by atoms with Gasteiger partial charge in [-0.3, -0.25) is 4.79 Å². The predicted octanol–water partition coefficient (Wildman–Crippen LogP) is 3.85. The summed E-state index contributed by atoms with van der Waals surface area (Å²) in [5, 5.41) is 9.81. The summed E-state index contributed by atoms with van der Waals surface area (Å²) in [6, 6.07) is 16.1. The zero-order valence-corrected chi connectivity index (χ0v) is 17.8. The maximum atomic E-state index is 13.2. The Hall–Kier alpha value is -2.61. The van der Waals surface area contributed by atoms with Gasteiger partial charge < -0.3 is 14.9 Å². The number of aliphatic hydroxyl groups is 1. The number of amides is 1. The zero-order chi connectivity index (χ0) is 21.0. The van der Waals surface area contributed by atoms with Crippen LogP contribution < -0.4 is 0 Å². The average Bonchev–Trinajstić information content (AvgIpc) is 3.15. The van der Waals surface area contributed by atoms with Crippen molar-refractivity contribution in [2.45, 2.75) is 44.9 Å². The van der Waals surface area contributed by atoms with Crippen LogP contribution in [0.5, 0.6) is 0 Å². The van der Waals surface area contributed by atoms with E-state index < -0.39 is 5.60 Å². The molecule has 0 aromatic heterocycles. The van der Waals surface area contributed by atoms with Gasteiger partial charge in [-0.2, -0.15) is 0 Å². The lowest BCUT2D eigenvalue weighted by Gasteiger charge is -2.25. The first-order valence-electron chi connectivity index (χ1n) is 10.1. The molecule has 1 N–H and O–H groups in total. The third-order valence-corrected chi connectivity index (χ3v) is 5.00. The number of carbonyl (C=O) groups is 1. The number of likely N-dealkylation sites (tertiary alicyclic amines) is 1. The first kappa shape index (κ1) is 21.1. The van der Waals surface area contributed by atoms with Gasteiger partial charge in [0.25, 0.3) is 5.91 Å². The molecule has 152 valence electrons. The summed E-state index contributed by atoms with van der Waals surface area (Å²) in [7, 11) is 4.12. The number of hydrogen-bond donors (Lipinski definition) is 1. The SMILES string of the molecule is CN(C)Cc1ccc(C2CCCN2C(=O)c2cccc(C#CC(C)(C)O)c2)cc1. The molecule has 4 heteroatoms. The number of carbonyl (C=O) groups excluding carboxylic acids is 1. The molecule has 4 nitrogen and oxygen atoms in total. The zero-order valence-electron chi connectivity index (χ0n) is 17.8. The van der Waals surface area contributed by atoms with Crippen LogP contribution in [-0.4, -0.2) is 47.1 Å². The molecule has 1 aliphatic heterocycles. The maximum absolute atomic E-state index is 13.2. The van der Waals surface area contributed by atoms with E-state index in [4.69, 9.17) is 0 Å². The largest absolute Gasteiger partial charge is 0.378 e. The van der Waals surface area contributed by atoms with E-state index in [0.29, 0.717) is 5.56 Å². The van der Waals surface area contributed by atoms with Crippen LogP contribution in [0.25, 0.3) is 0 Å². The first-order chi connectivity index (χ1) is 13.7. The van der Waals surface area contributed by atoms with Crippen LogP contribution in [-0.2, 0) is 6.54 Å². The highest BCUT2D eigenvalue weighted by atomic mass is 16.3. The van der Waals surface area contributed by atoms with Gasteiger partial charge in [-0.1, -0.05) is 42.2 Å². The van der Waals surface area contributed by atoms with E-state index in [0.717, 1.165) is 31.5 Å². The highest BCUT2D eigenvalue weighted by molar-refractivity contribution is 5.95. The molecule has 2 aromatic carbocycles. The Morgan fingerprint density at radius 1 is 1.21 bits per heavy atom. The normalized spacial score (nSPS) is 16.6. The minimum atomic E-state index is -1.06. The van der Waals surface area contributed by atoms with Crippen molar-refractivity contribution in [3.63, 3.8) is 0 Å². The fourth-order valence-corrected chi connectivity index (χ4v) is 3.69. The van der Waals surface area contributed by atoms with E-state index in [9.17, 15) is 9.90 Å². The van der Waals surface area contributed by atoms with Gasteiger partial charge in [-0.15, -0.1) is 0 Å². The molecule has 2 aromatic rings. The van der Waals surface area contributed by atoms with E-state index in [-0.39, 0.29) is 11.9 Å². The van der Waals surface area contributed by atoms with Gasteiger partial charge in [0, 0.05) is 24.2 Å². The second-order valence-corrected chi connectivity index (χ2v) is 8.53. The third kappa shape index (κ3) is 5.69. The Morgan fingerprint density at radius 2 is 1.93 bits per heavy atom. The minimum Gasteiger partial charge on any atom is -0.378 e. The lowest BCUT2D eigenvalue weighted by atomic mass is 10.0. The predicted molar refractivity (Wildman–Crippen MR) is 116 cm³/mol. The van der Waals surface area contributed by atoms with E-state index in [1.165, 1.54) is 11.1 Å². The van der Waals surface area contributed by atoms with Gasteiger partial charge in [0.2, 0.25) is 0 Å². The van der Waals surface area contributed by atoms with Crippen LogP contribution in [0.3, 0.4) is 0 Å². The monoisotopic (exact) mass is 390 g/mol. The summed E-state index contributed by atoms with van der Waals surface area (Å²) >= 11 is 0. The van der Waals surface area contributed by atoms with Crippen LogP contribution in [0.4, 0.5) is 0 Å². The molecule has 1 fully saturated rings. The molecule has 0 spiro atoms. The molecule has 0 bridgehead atoms. The van der Waals surface area contributed by atoms with Crippen molar-refractivity contribution in [3.05, 3.63) is 70.8 Å². The molecule has 1 aliphatic rings. The van der Waals surface area contributed by atoms with Crippen LogP contribution in [0.15, 0.2) is 48.5 Å². The topological polar surface area (TPSA) is 43.8 Å². The van der Waals surface area contributed by atoms with Crippen molar-refractivity contribution in [3.8, 4) is 11.8 Å². The van der Waals surface area contributed by atoms with Crippen molar-refractivity contribution in [2.24, 2.45) is 0 Å². The van der Waals surface area contributed by atoms with Crippen LogP contribution in [0.1, 0.15) is 59.8 Å². The van der Waals surface area contributed by atoms with Crippen LogP contribution in [0.2, 0.25) is 0 Å². The fourth-order valence-electron chi connectivity index (χ4n) is 3.69. The van der Waals surface area contributed by atoms with E-state index in [1.807, 2.05) is 29.2 Å². The number of rotatable bonds is 4. The van der Waals surface area contributed by atoms with Crippen LogP contribution >= 0.6 is 0 Å². The summed E-state index contributed by atoms with van der Waals surface area (Å²) in [5.41, 5.74) is 2.79. The van der Waals surface area contributed by atoms with E-state index >= 15 is 0 Å². The first-order valence-corrected chi connectivity index (χ1v) is 10.1. The highest BCUT2D eigenvalue weighted by Crippen LogP contribution is 2.33. The van der Waals surface area contributed by atoms with Gasteiger partial charge in [0.1, 0.15) is 5.60 Å². The molecule has 1 unspecified atom stereocenters. The molecule has 0 saturated carbocycles. The molecule has 3 rings (SSSR count). The lowest BCUT2D eigenvalue weighted by Crippen LogP contribution is -2.30. The van der Waals surface area contributed by atoms with Crippen LogP contribution in [0, 0.1) is 11.8 Å². The Bertz CT molecular complexity index is 914.